The molecule has 0 aliphatic carbocycles. The van der Waals surface area contributed by atoms with E-state index < -0.39 is 0 Å². The Morgan fingerprint density at radius 2 is 1.83 bits per heavy atom. The number of anilines is 1. The highest BCUT2D eigenvalue weighted by molar-refractivity contribution is 5.93. The molecule has 0 radical (unpaired) electrons. The minimum absolute atomic E-state index is 0.0186. The molecule has 0 bridgehead atoms. The number of halogens is 1. The maximum absolute atomic E-state index is 13.0. The number of piperidine rings is 1. The second kappa shape index (κ2) is 9.41. The van der Waals surface area contributed by atoms with Crippen LogP contribution in [0.1, 0.15) is 18.4 Å². The third kappa shape index (κ3) is 5.70. The van der Waals surface area contributed by atoms with E-state index in [0.29, 0.717) is 44.0 Å². The summed E-state index contributed by atoms with van der Waals surface area (Å²) in [5.74, 6) is 0.177. The van der Waals surface area contributed by atoms with E-state index in [2.05, 4.69) is 5.32 Å². The minimum atomic E-state index is -0.282. The first-order chi connectivity index (χ1) is 13.9. The summed E-state index contributed by atoms with van der Waals surface area (Å²) in [4.78, 5) is 27.9. The molecule has 1 fully saturated rings. The number of amides is 3. The number of likely N-dealkylation sites (tertiary alicyclic amines) is 1. The van der Waals surface area contributed by atoms with Gasteiger partial charge in [0.15, 0.2) is 0 Å². The van der Waals surface area contributed by atoms with Gasteiger partial charge < -0.3 is 19.9 Å². The lowest BCUT2D eigenvalue weighted by Gasteiger charge is -2.33. The Kier molecular flexibility index (Phi) is 6.69. The molecule has 1 aliphatic heterocycles. The number of urea groups is 1. The van der Waals surface area contributed by atoms with Crippen molar-refractivity contribution in [3.05, 3.63) is 59.9 Å². The van der Waals surface area contributed by atoms with E-state index in [-0.39, 0.29) is 23.7 Å². The molecule has 154 valence electrons. The molecule has 29 heavy (non-hydrogen) atoms. The van der Waals surface area contributed by atoms with Crippen molar-refractivity contribution in [1.29, 1.82) is 0 Å². The summed E-state index contributed by atoms with van der Waals surface area (Å²) in [7, 11) is 3.46. The van der Waals surface area contributed by atoms with Gasteiger partial charge in [0.1, 0.15) is 18.2 Å². The van der Waals surface area contributed by atoms with E-state index in [9.17, 15) is 14.0 Å². The molecule has 3 rings (SSSR count). The van der Waals surface area contributed by atoms with Gasteiger partial charge in [-0.3, -0.25) is 4.79 Å². The smallest absolute Gasteiger partial charge is 0.319 e. The zero-order valence-corrected chi connectivity index (χ0v) is 16.7. The average Bonchev–Trinajstić information content (AvgIpc) is 2.73. The normalized spacial score (nSPS) is 14.4. The number of nitrogens with zero attached hydrogens (tertiary/aromatic N) is 2. The molecule has 0 saturated carbocycles. The molecule has 0 unspecified atom stereocenters. The SMILES string of the molecule is CN(C)C(=O)N1CCC(C(=O)Nc2cccc(OCc3ccc(F)cc3)c2)CC1. The lowest BCUT2D eigenvalue weighted by Crippen LogP contribution is -2.45. The molecule has 1 heterocycles. The van der Waals surface area contributed by atoms with E-state index >= 15 is 0 Å². The van der Waals surface area contributed by atoms with Crippen LogP contribution in [0.25, 0.3) is 0 Å². The summed E-state index contributed by atoms with van der Waals surface area (Å²) in [6.45, 7) is 1.47. The first-order valence-electron chi connectivity index (χ1n) is 9.67. The van der Waals surface area contributed by atoms with Gasteiger partial charge >= 0.3 is 6.03 Å². The van der Waals surface area contributed by atoms with Gasteiger partial charge in [0, 0.05) is 44.9 Å². The largest absolute Gasteiger partial charge is 0.489 e. The number of ether oxygens (including phenoxy) is 1. The predicted molar refractivity (Wildman–Crippen MR) is 109 cm³/mol. The monoisotopic (exact) mass is 399 g/mol. The van der Waals surface area contributed by atoms with Crippen molar-refractivity contribution in [3.8, 4) is 5.75 Å². The highest BCUT2D eigenvalue weighted by Gasteiger charge is 2.28. The second-order valence-electron chi connectivity index (χ2n) is 7.37. The van der Waals surface area contributed by atoms with Crippen LogP contribution in [-0.2, 0) is 11.4 Å². The first-order valence-corrected chi connectivity index (χ1v) is 9.67. The summed E-state index contributed by atoms with van der Waals surface area (Å²) in [5.41, 5.74) is 1.53. The molecule has 0 aromatic heterocycles. The molecule has 1 saturated heterocycles. The summed E-state index contributed by atoms with van der Waals surface area (Å²) in [5, 5.41) is 2.94. The van der Waals surface area contributed by atoms with Gasteiger partial charge in [-0.25, -0.2) is 9.18 Å². The summed E-state index contributed by atoms with van der Waals surface area (Å²) in [6, 6.07) is 13.3. The van der Waals surface area contributed by atoms with Crippen molar-refractivity contribution in [2.24, 2.45) is 5.92 Å². The van der Waals surface area contributed by atoms with Crippen LogP contribution < -0.4 is 10.1 Å². The number of carbonyl (C=O) groups excluding carboxylic acids is 2. The van der Waals surface area contributed by atoms with Crippen molar-refractivity contribution in [2.45, 2.75) is 19.4 Å². The molecular formula is C22H26FN3O3. The molecule has 7 heteroatoms. The maximum atomic E-state index is 13.0. The Balaban J connectivity index is 1.51. The number of rotatable bonds is 5. The van der Waals surface area contributed by atoms with Gasteiger partial charge in [-0.15, -0.1) is 0 Å². The molecule has 2 aromatic rings. The zero-order chi connectivity index (χ0) is 20.8. The minimum Gasteiger partial charge on any atom is -0.489 e. The third-order valence-electron chi connectivity index (χ3n) is 4.94. The van der Waals surface area contributed by atoms with E-state index in [1.807, 2.05) is 18.2 Å². The molecule has 3 amide bonds. The van der Waals surface area contributed by atoms with Gasteiger partial charge in [-0.1, -0.05) is 18.2 Å². The highest BCUT2D eigenvalue weighted by atomic mass is 19.1. The topological polar surface area (TPSA) is 61.9 Å². The van der Waals surface area contributed by atoms with E-state index in [4.69, 9.17) is 4.74 Å². The molecular weight excluding hydrogens is 373 g/mol. The standard InChI is InChI=1S/C22H26FN3O3/c1-25(2)22(28)26-12-10-17(11-13-26)21(27)24-19-4-3-5-20(14-19)29-15-16-6-8-18(23)9-7-16/h3-9,14,17H,10-13,15H2,1-2H3,(H,24,27). The van der Waals surface area contributed by atoms with Crippen LogP contribution in [0.5, 0.6) is 5.75 Å². The van der Waals surface area contributed by atoms with Gasteiger partial charge in [0.25, 0.3) is 0 Å². The van der Waals surface area contributed by atoms with Crippen molar-refractivity contribution in [1.82, 2.24) is 9.80 Å². The van der Waals surface area contributed by atoms with Crippen LogP contribution in [-0.4, -0.2) is 48.9 Å². The lowest BCUT2D eigenvalue weighted by molar-refractivity contribution is -0.121. The Morgan fingerprint density at radius 3 is 2.48 bits per heavy atom. The van der Waals surface area contributed by atoms with E-state index in [1.165, 1.54) is 12.1 Å². The molecule has 1 aliphatic rings. The van der Waals surface area contributed by atoms with Crippen LogP contribution in [0, 0.1) is 11.7 Å². The van der Waals surface area contributed by atoms with E-state index in [1.54, 1.807) is 42.1 Å². The number of nitrogens with one attached hydrogen (secondary N) is 1. The Bertz CT molecular complexity index is 847. The Labute approximate surface area is 170 Å². The van der Waals surface area contributed by atoms with Crippen molar-refractivity contribution in [3.63, 3.8) is 0 Å². The van der Waals surface area contributed by atoms with E-state index in [0.717, 1.165) is 5.56 Å². The first kappa shape index (κ1) is 20.6. The fourth-order valence-corrected chi connectivity index (χ4v) is 3.27. The summed E-state index contributed by atoms with van der Waals surface area (Å²) < 4.78 is 18.7. The molecule has 1 N–H and O–H groups in total. The maximum Gasteiger partial charge on any atom is 0.319 e. The Hall–Kier alpha value is -3.09. The lowest BCUT2D eigenvalue weighted by atomic mass is 9.96. The molecule has 2 aromatic carbocycles. The summed E-state index contributed by atoms with van der Waals surface area (Å²) in [6.07, 6.45) is 1.29. The molecule has 0 spiro atoms. The van der Waals surface area contributed by atoms with Crippen molar-refractivity contribution in [2.75, 3.05) is 32.5 Å². The number of hydrogen-bond acceptors (Lipinski definition) is 3. The van der Waals surface area contributed by atoms with Crippen LogP contribution in [0.4, 0.5) is 14.9 Å². The van der Waals surface area contributed by atoms with Crippen LogP contribution in [0.2, 0.25) is 0 Å². The molecule has 0 atom stereocenters. The highest BCUT2D eigenvalue weighted by Crippen LogP contribution is 2.23. The zero-order valence-electron chi connectivity index (χ0n) is 16.7. The van der Waals surface area contributed by atoms with Gasteiger partial charge in [-0.05, 0) is 42.7 Å². The Morgan fingerprint density at radius 1 is 1.14 bits per heavy atom. The van der Waals surface area contributed by atoms with Crippen LogP contribution >= 0.6 is 0 Å². The fourth-order valence-electron chi connectivity index (χ4n) is 3.27. The molecule has 6 nitrogen and oxygen atoms in total. The fraction of sp³-hybridized carbons (Fsp3) is 0.364. The van der Waals surface area contributed by atoms with Gasteiger partial charge in [-0.2, -0.15) is 0 Å². The summed E-state index contributed by atoms with van der Waals surface area (Å²) >= 11 is 0. The van der Waals surface area contributed by atoms with Crippen LogP contribution in [0.15, 0.2) is 48.5 Å². The average molecular weight is 399 g/mol. The second-order valence-corrected chi connectivity index (χ2v) is 7.37. The number of benzene rings is 2. The number of carbonyl (C=O) groups is 2. The predicted octanol–water partition coefficient (Wildman–Crippen LogP) is 3.74. The van der Waals surface area contributed by atoms with Crippen LogP contribution in [0.3, 0.4) is 0 Å². The van der Waals surface area contributed by atoms with Crippen molar-refractivity contribution >= 4 is 17.6 Å². The van der Waals surface area contributed by atoms with Gasteiger partial charge in [0.2, 0.25) is 5.91 Å². The third-order valence-corrected chi connectivity index (χ3v) is 4.94. The quantitative estimate of drug-likeness (QED) is 0.833. The number of hydrogen-bond donors (Lipinski definition) is 1. The van der Waals surface area contributed by atoms with Gasteiger partial charge in [0.05, 0.1) is 0 Å². The van der Waals surface area contributed by atoms with Crippen molar-refractivity contribution < 1.29 is 18.7 Å².